The van der Waals surface area contributed by atoms with Gasteiger partial charge in [0.25, 0.3) is 5.91 Å². The highest BCUT2D eigenvalue weighted by atomic mass is 35.5. The molecule has 0 fully saturated rings. The van der Waals surface area contributed by atoms with Crippen LogP contribution in [0.3, 0.4) is 0 Å². The molecule has 2 aromatic rings. The third-order valence-corrected chi connectivity index (χ3v) is 5.30. The topological polar surface area (TPSA) is 111 Å². The Morgan fingerprint density at radius 3 is 2.50 bits per heavy atom. The zero-order chi connectivity index (χ0) is 23.8. The number of ether oxygens (including phenoxy) is 2. The lowest BCUT2D eigenvalue weighted by atomic mass is 10.1. The summed E-state index contributed by atoms with van der Waals surface area (Å²) in [5, 5.41) is 14.4. The summed E-state index contributed by atoms with van der Waals surface area (Å²) < 4.78 is 10.5. The number of carbonyl (C=O) groups is 2. The lowest BCUT2D eigenvalue weighted by Gasteiger charge is -2.28. The van der Waals surface area contributed by atoms with Crippen LogP contribution in [0, 0.1) is 10.1 Å². The minimum absolute atomic E-state index is 0.00306. The minimum atomic E-state index is -0.785. The average molecular weight is 484 g/mol. The molecule has 1 N–H and O–H groups in total. The highest BCUT2D eigenvalue weighted by Crippen LogP contribution is 2.31. The minimum Gasteiger partial charge on any atom is -0.490 e. The fraction of sp³-hybridized carbons (Fsp3) is 0.333. The van der Waals surface area contributed by atoms with Crippen molar-refractivity contribution in [1.82, 2.24) is 10.2 Å². The lowest BCUT2D eigenvalue weighted by Crippen LogP contribution is -2.49. The van der Waals surface area contributed by atoms with Gasteiger partial charge >= 0.3 is 5.69 Å². The molecular formula is C21H23Cl2N3O6. The molecule has 2 rings (SSSR count). The van der Waals surface area contributed by atoms with Gasteiger partial charge < -0.3 is 19.7 Å². The predicted octanol–water partition coefficient (Wildman–Crippen LogP) is 3.84. The number of likely N-dealkylation sites (N-methyl/N-ethyl adjacent to an activating group) is 1. The molecule has 0 heterocycles. The molecule has 0 saturated carbocycles. The van der Waals surface area contributed by atoms with Crippen molar-refractivity contribution in [2.24, 2.45) is 0 Å². The number of benzene rings is 2. The summed E-state index contributed by atoms with van der Waals surface area (Å²) in [6, 6.07) is 8.07. The first-order valence-electron chi connectivity index (χ1n) is 9.64. The maximum absolute atomic E-state index is 13.0. The van der Waals surface area contributed by atoms with Crippen LogP contribution in [-0.2, 0) is 16.1 Å². The highest BCUT2D eigenvalue weighted by Gasteiger charge is 2.26. The van der Waals surface area contributed by atoms with Crippen molar-refractivity contribution in [3.63, 3.8) is 0 Å². The molecule has 172 valence electrons. The predicted molar refractivity (Wildman–Crippen MR) is 120 cm³/mol. The van der Waals surface area contributed by atoms with Crippen LogP contribution in [0.5, 0.6) is 11.5 Å². The molecule has 0 spiro atoms. The Morgan fingerprint density at radius 2 is 1.91 bits per heavy atom. The number of nitrogens with one attached hydrogen (secondary N) is 1. The van der Waals surface area contributed by atoms with Gasteiger partial charge in [-0.15, -0.1) is 0 Å². The second-order valence-electron chi connectivity index (χ2n) is 6.72. The van der Waals surface area contributed by atoms with Gasteiger partial charge in [-0.3, -0.25) is 19.7 Å². The molecule has 0 radical (unpaired) electrons. The van der Waals surface area contributed by atoms with E-state index >= 15 is 0 Å². The number of methoxy groups -OCH3 is 1. The highest BCUT2D eigenvalue weighted by molar-refractivity contribution is 6.42. The fourth-order valence-corrected chi connectivity index (χ4v) is 3.19. The number of hydrogen-bond donors (Lipinski definition) is 1. The van der Waals surface area contributed by atoms with Crippen molar-refractivity contribution in [2.45, 2.75) is 26.4 Å². The van der Waals surface area contributed by atoms with Crippen LogP contribution in [0.25, 0.3) is 0 Å². The first-order chi connectivity index (χ1) is 15.2. The van der Waals surface area contributed by atoms with E-state index in [9.17, 15) is 19.7 Å². The summed E-state index contributed by atoms with van der Waals surface area (Å²) in [7, 11) is 1.30. The molecule has 32 heavy (non-hydrogen) atoms. The Balaban J connectivity index is 2.20. The van der Waals surface area contributed by atoms with Gasteiger partial charge in [-0.2, -0.15) is 0 Å². The summed E-state index contributed by atoms with van der Waals surface area (Å²) in [4.78, 5) is 37.2. The molecule has 0 unspecified atom stereocenters. The number of nitrogens with zero attached hydrogens (tertiary/aromatic N) is 2. The molecule has 9 nitrogen and oxygen atoms in total. The molecule has 0 saturated heterocycles. The zero-order valence-corrected chi connectivity index (χ0v) is 19.3. The van der Waals surface area contributed by atoms with Gasteiger partial charge in [0, 0.05) is 25.2 Å². The summed E-state index contributed by atoms with van der Waals surface area (Å²) in [5.41, 5.74) is 0.457. The molecule has 0 aliphatic heterocycles. The Labute approximate surface area is 195 Å². The third kappa shape index (κ3) is 6.48. The molecule has 1 atom stereocenters. The monoisotopic (exact) mass is 483 g/mol. The van der Waals surface area contributed by atoms with Crippen LogP contribution >= 0.6 is 23.2 Å². The number of nitro benzene ring substituents is 1. The van der Waals surface area contributed by atoms with Crippen LogP contribution in [0.4, 0.5) is 5.69 Å². The van der Waals surface area contributed by atoms with E-state index in [4.69, 9.17) is 32.7 Å². The van der Waals surface area contributed by atoms with E-state index in [0.717, 1.165) is 0 Å². The maximum atomic E-state index is 13.0. The number of halogens is 2. The van der Waals surface area contributed by atoms with Crippen LogP contribution in [0.15, 0.2) is 36.4 Å². The van der Waals surface area contributed by atoms with Gasteiger partial charge in [-0.25, -0.2) is 0 Å². The van der Waals surface area contributed by atoms with Gasteiger partial charge in [-0.05, 0) is 37.6 Å². The summed E-state index contributed by atoms with van der Waals surface area (Å²) in [6.45, 7) is 3.50. The van der Waals surface area contributed by atoms with Crippen LogP contribution in [-0.4, -0.2) is 47.9 Å². The summed E-state index contributed by atoms with van der Waals surface area (Å²) in [6.07, 6.45) is 0. The molecule has 0 aliphatic rings. The Bertz CT molecular complexity index is 1000. The molecule has 11 heteroatoms. The normalized spacial score (nSPS) is 11.4. The maximum Gasteiger partial charge on any atom is 0.311 e. The largest absolute Gasteiger partial charge is 0.490 e. The summed E-state index contributed by atoms with van der Waals surface area (Å²) >= 11 is 12.0. The summed E-state index contributed by atoms with van der Waals surface area (Å²) in [5.74, 6) is -0.575. The molecular weight excluding hydrogens is 461 g/mol. The van der Waals surface area contributed by atoms with E-state index < -0.39 is 23.5 Å². The first-order valence-corrected chi connectivity index (χ1v) is 10.4. The molecule has 0 aromatic heterocycles. The number of nitro groups is 1. The lowest BCUT2D eigenvalue weighted by molar-refractivity contribution is -0.385. The van der Waals surface area contributed by atoms with E-state index in [0.29, 0.717) is 22.2 Å². The average Bonchev–Trinajstić information content (AvgIpc) is 2.77. The van der Waals surface area contributed by atoms with Crippen molar-refractivity contribution < 1.29 is 24.0 Å². The third-order valence-electron chi connectivity index (χ3n) is 4.57. The van der Waals surface area contributed by atoms with Crippen molar-refractivity contribution in [2.75, 3.05) is 20.3 Å². The van der Waals surface area contributed by atoms with Crippen molar-refractivity contribution in [1.29, 1.82) is 0 Å². The second kappa shape index (κ2) is 11.5. The van der Waals surface area contributed by atoms with Gasteiger partial charge in [0.05, 0.1) is 22.1 Å². The Morgan fingerprint density at radius 1 is 1.19 bits per heavy atom. The van der Waals surface area contributed by atoms with Crippen molar-refractivity contribution >= 4 is 40.7 Å². The number of carbonyl (C=O) groups excluding carboxylic acids is 2. The van der Waals surface area contributed by atoms with E-state index in [2.05, 4.69) is 5.32 Å². The van der Waals surface area contributed by atoms with Gasteiger partial charge in [0.1, 0.15) is 11.8 Å². The molecule has 0 bridgehead atoms. The SMILES string of the molecule is CCNC(=O)[C@H](C)N(Cc1ccc(Cl)c(Cl)c1)C(=O)COc1ccc([N+](=O)[O-])c(OC)c1. The molecule has 2 amide bonds. The Hall–Kier alpha value is -3.04. The smallest absolute Gasteiger partial charge is 0.311 e. The second-order valence-corrected chi connectivity index (χ2v) is 7.53. The van der Waals surface area contributed by atoms with E-state index in [1.807, 2.05) is 0 Å². The molecule has 2 aromatic carbocycles. The number of rotatable bonds is 10. The van der Waals surface area contributed by atoms with E-state index in [-0.39, 0.29) is 29.6 Å². The fourth-order valence-electron chi connectivity index (χ4n) is 2.87. The molecule has 0 aliphatic carbocycles. The zero-order valence-electron chi connectivity index (χ0n) is 17.8. The van der Waals surface area contributed by atoms with Gasteiger partial charge in [0.2, 0.25) is 11.7 Å². The van der Waals surface area contributed by atoms with Crippen LogP contribution in [0.1, 0.15) is 19.4 Å². The van der Waals surface area contributed by atoms with Crippen molar-refractivity contribution in [3.8, 4) is 11.5 Å². The van der Waals surface area contributed by atoms with Gasteiger partial charge in [0.15, 0.2) is 6.61 Å². The Kier molecular flexibility index (Phi) is 9.10. The van der Waals surface area contributed by atoms with Crippen molar-refractivity contribution in [3.05, 3.63) is 62.1 Å². The first kappa shape index (κ1) is 25.2. The number of amides is 2. The van der Waals surface area contributed by atoms with Crippen LogP contribution in [0.2, 0.25) is 10.0 Å². The quantitative estimate of drug-likeness (QED) is 0.405. The van der Waals surface area contributed by atoms with E-state index in [1.54, 1.807) is 32.0 Å². The van der Waals surface area contributed by atoms with Gasteiger partial charge in [-0.1, -0.05) is 29.3 Å². The number of hydrogen-bond acceptors (Lipinski definition) is 6. The van der Waals surface area contributed by atoms with Crippen LogP contribution < -0.4 is 14.8 Å². The van der Waals surface area contributed by atoms with E-state index in [1.165, 1.54) is 30.2 Å². The standard InChI is InChI=1S/C21H23Cl2N3O6/c1-4-24-21(28)13(2)25(11-14-5-7-16(22)17(23)9-14)20(27)12-32-15-6-8-18(26(29)30)19(10-15)31-3/h5-10,13H,4,11-12H2,1-3H3,(H,24,28)/t13-/m0/s1.